The summed E-state index contributed by atoms with van der Waals surface area (Å²) in [6.07, 6.45) is 3.98. The van der Waals surface area contributed by atoms with E-state index >= 15 is 0 Å². The molecule has 2 N–H and O–H groups in total. The van der Waals surface area contributed by atoms with E-state index in [4.69, 9.17) is 5.73 Å². The van der Waals surface area contributed by atoms with Crippen LogP contribution >= 0.6 is 11.3 Å². The van der Waals surface area contributed by atoms with Crippen LogP contribution in [-0.4, -0.2) is 4.98 Å². The Morgan fingerprint density at radius 1 is 1.29 bits per heavy atom. The number of aryl methyl sites for hydroxylation is 1. The molecular formula is C20H17N3S. The molecule has 3 aromatic rings. The van der Waals surface area contributed by atoms with Gasteiger partial charge in [-0.25, -0.2) is 4.98 Å². The molecule has 0 saturated heterocycles. The maximum absolute atomic E-state index is 9.22. The molecule has 3 nitrogen and oxygen atoms in total. The van der Waals surface area contributed by atoms with Gasteiger partial charge in [-0.15, -0.1) is 11.3 Å². The number of benzene rings is 2. The normalized spacial score (nSPS) is 16.0. The Balaban J connectivity index is 1.76. The van der Waals surface area contributed by atoms with Gasteiger partial charge in [0.2, 0.25) is 0 Å². The SMILES string of the molecule is Cc1ccc(-c2ncc(-c3cccc4c3CCC4N)s2)cc1C#N. The first-order valence-corrected chi connectivity index (χ1v) is 8.83. The lowest BCUT2D eigenvalue weighted by molar-refractivity contribution is 0.713. The van der Waals surface area contributed by atoms with Gasteiger partial charge in [-0.3, -0.25) is 0 Å². The van der Waals surface area contributed by atoms with Crippen LogP contribution in [-0.2, 0) is 6.42 Å². The molecule has 0 fully saturated rings. The van der Waals surface area contributed by atoms with Gasteiger partial charge in [0, 0.05) is 17.8 Å². The highest BCUT2D eigenvalue weighted by Gasteiger charge is 2.22. The van der Waals surface area contributed by atoms with E-state index in [9.17, 15) is 5.26 Å². The van der Waals surface area contributed by atoms with Crippen LogP contribution in [0, 0.1) is 18.3 Å². The highest BCUT2D eigenvalue weighted by molar-refractivity contribution is 7.18. The average molecular weight is 331 g/mol. The molecule has 1 aliphatic carbocycles. The van der Waals surface area contributed by atoms with E-state index in [1.54, 1.807) is 11.3 Å². The number of nitrogens with two attached hydrogens (primary N) is 1. The number of hydrogen-bond donors (Lipinski definition) is 1. The fourth-order valence-corrected chi connectivity index (χ4v) is 4.29. The minimum atomic E-state index is 0.155. The Hall–Kier alpha value is -2.48. The van der Waals surface area contributed by atoms with Gasteiger partial charge in [-0.2, -0.15) is 5.26 Å². The van der Waals surface area contributed by atoms with Crippen LogP contribution in [0.25, 0.3) is 21.0 Å². The summed E-state index contributed by atoms with van der Waals surface area (Å²) in [5.74, 6) is 0. The first kappa shape index (κ1) is 15.1. The average Bonchev–Trinajstić information content (AvgIpc) is 3.23. The summed E-state index contributed by atoms with van der Waals surface area (Å²) >= 11 is 1.67. The molecule has 2 aromatic carbocycles. The summed E-state index contributed by atoms with van der Waals surface area (Å²) in [5, 5.41) is 10.2. The van der Waals surface area contributed by atoms with Crippen molar-refractivity contribution in [3.63, 3.8) is 0 Å². The molecule has 0 amide bonds. The number of fused-ring (bicyclic) bond motifs is 1. The van der Waals surface area contributed by atoms with Crippen molar-refractivity contribution < 1.29 is 0 Å². The third-order valence-electron chi connectivity index (χ3n) is 4.69. The van der Waals surface area contributed by atoms with E-state index in [1.165, 1.54) is 16.7 Å². The molecule has 1 aromatic heterocycles. The Bertz CT molecular complexity index is 965. The fourth-order valence-electron chi connectivity index (χ4n) is 3.32. The number of nitriles is 1. The van der Waals surface area contributed by atoms with Crippen molar-refractivity contribution in [2.24, 2.45) is 5.73 Å². The van der Waals surface area contributed by atoms with Gasteiger partial charge in [-0.05, 0) is 48.1 Å². The molecule has 4 rings (SSSR count). The number of rotatable bonds is 2. The topological polar surface area (TPSA) is 62.7 Å². The summed E-state index contributed by atoms with van der Waals surface area (Å²) < 4.78 is 0. The summed E-state index contributed by atoms with van der Waals surface area (Å²) in [5.41, 5.74) is 12.8. The molecular weight excluding hydrogens is 314 g/mol. The lowest BCUT2D eigenvalue weighted by atomic mass is 10.0. The maximum Gasteiger partial charge on any atom is 0.123 e. The highest BCUT2D eigenvalue weighted by atomic mass is 32.1. The number of hydrogen-bond acceptors (Lipinski definition) is 4. The third-order valence-corrected chi connectivity index (χ3v) is 5.77. The van der Waals surface area contributed by atoms with E-state index < -0.39 is 0 Å². The van der Waals surface area contributed by atoms with Crippen LogP contribution in [0.5, 0.6) is 0 Å². The van der Waals surface area contributed by atoms with E-state index in [1.807, 2.05) is 31.3 Å². The van der Waals surface area contributed by atoms with Gasteiger partial charge in [0.05, 0.1) is 16.5 Å². The lowest BCUT2D eigenvalue weighted by Crippen LogP contribution is -2.04. The monoisotopic (exact) mass is 331 g/mol. The van der Waals surface area contributed by atoms with Crippen LogP contribution in [0.4, 0.5) is 0 Å². The van der Waals surface area contributed by atoms with E-state index in [2.05, 4.69) is 29.3 Å². The molecule has 0 saturated carbocycles. The lowest BCUT2D eigenvalue weighted by Gasteiger charge is -2.07. The molecule has 0 radical (unpaired) electrons. The van der Waals surface area contributed by atoms with E-state index in [-0.39, 0.29) is 6.04 Å². The summed E-state index contributed by atoms with van der Waals surface area (Å²) in [6.45, 7) is 1.95. The summed E-state index contributed by atoms with van der Waals surface area (Å²) in [4.78, 5) is 5.75. The molecule has 1 unspecified atom stereocenters. The Morgan fingerprint density at radius 3 is 3.00 bits per heavy atom. The zero-order chi connectivity index (χ0) is 16.7. The van der Waals surface area contributed by atoms with Crippen molar-refractivity contribution in [3.05, 3.63) is 64.8 Å². The minimum absolute atomic E-state index is 0.155. The number of thiazole rings is 1. The fraction of sp³-hybridized carbons (Fsp3) is 0.200. The second kappa shape index (κ2) is 5.86. The molecule has 24 heavy (non-hydrogen) atoms. The Labute approximate surface area is 145 Å². The van der Waals surface area contributed by atoms with Crippen LogP contribution in [0.1, 0.15) is 34.7 Å². The van der Waals surface area contributed by atoms with Crippen molar-refractivity contribution >= 4 is 11.3 Å². The molecule has 118 valence electrons. The smallest absolute Gasteiger partial charge is 0.123 e. The molecule has 0 aliphatic heterocycles. The van der Waals surface area contributed by atoms with Crippen LogP contribution in [0.2, 0.25) is 0 Å². The molecule has 1 aliphatic rings. The molecule has 0 spiro atoms. The predicted octanol–water partition coefficient (Wildman–Crippen LogP) is 4.60. The first-order chi connectivity index (χ1) is 11.7. The largest absolute Gasteiger partial charge is 0.324 e. The Morgan fingerprint density at radius 2 is 2.17 bits per heavy atom. The first-order valence-electron chi connectivity index (χ1n) is 8.02. The standard InChI is InChI=1S/C20H17N3S/c1-12-5-6-13(9-14(12)10-21)20-23-11-19(24-20)17-4-2-3-16-15(17)7-8-18(16)22/h2-6,9,11,18H,7-8,22H2,1H3. The zero-order valence-corrected chi connectivity index (χ0v) is 14.2. The number of aromatic nitrogens is 1. The van der Waals surface area contributed by atoms with Crippen LogP contribution in [0.3, 0.4) is 0 Å². The highest BCUT2D eigenvalue weighted by Crippen LogP contribution is 2.40. The van der Waals surface area contributed by atoms with Crippen LogP contribution < -0.4 is 5.73 Å². The summed E-state index contributed by atoms with van der Waals surface area (Å²) in [7, 11) is 0. The quantitative estimate of drug-likeness (QED) is 0.746. The van der Waals surface area contributed by atoms with Gasteiger partial charge < -0.3 is 5.73 Å². The number of nitrogens with zero attached hydrogens (tertiary/aromatic N) is 2. The van der Waals surface area contributed by atoms with Crippen molar-refractivity contribution in [2.45, 2.75) is 25.8 Å². The maximum atomic E-state index is 9.22. The summed E-state index contributed by atoms with van der Waals surface area (Å²) in [6, 6.07) is 14.7. The minimum Gasteiger partial charge on any atom is -0.324 e. The van der Waals surface area contributed by atoms with Gasteiger partial charge in [0.25, 0.3) is 0 Å². The van der Waals surface area contributed by atoms with Gasteiger partial charge in [0.1, 0.15) is 5.01 Å². The van der Waals surface area contributed by atoms with Gasteiger partial charge in [-0.1, -0.05) is 30.3 Å². The second-order valence-electron chi connectivity index (χ2n) is 6.19. The van der Waals surface area contributed by atoms with Crippen molar-refractivity contribution in [2.75, 3.05) is 0 Å². The predicted molar refractivity (Wildman–Crippen MR) is 97.7 cm³/mol. The molecule has 0 bridgehead atoms. The molecule has 1 atom stereocenters. The zero-order valence-electron chi connectivity index (χ0n) is 13.4. The Kier molecular flexibility index (Phi) is 3.68. The van der Waals surface area contributed by atoms with E-state index in [0.717, 1.165) is 33.9 Å². The van der Waals surface area contributed by atoms with Gasteiger partial charge >= 0.3 is 0 Å². The molecule has 1 heterocycles. The van der Waals surface area contributed by atoms with Crippen molar-refractivity contribution in [1.82, 2.24) is 4.98 Å². The van der Waals surface area contributed by atoms with Gasteiger partial charge in [0.15, 0.2) is 0 Å². The van der Waals surface area contributed by atoms with Crippen molar-refractivity contribution in [1.29, 1.82) is 5.26 Å². The second-order valence-corrected chi connectivity index (χ2v) is 7.22. The van der Waals surface area contributed by atoms with Crippen molar-refractivity contribution in [3.8, 4) is 27.1 Å². The van der Waals surface area contributed by atoms with Crippen LogP contribution in [0.15, 0.2) is 42.6 Å². The third kappa shape index (κ3) is 2.43. The van der Waals surface area contributed by atoms with E-state index in [0.29, 0.717) is 5.56 Å². The molecule has 4 heteroatoms.